The number of carboxylic acids is 1. The molecule has 0 aliphatic rings. The maximum absolute atomic E-state index is 10.5. The summed E-state index contributed by atoms with van der Waals surface area (Å²) in [5, 5.41) is 8.66. The summed E-state index contributed by atoms with van der Waals surface area (Å²) in [4.78, 5) is 18.7. The molecule has 72 valence electrons. The molecule has 0 aliphatic heterocycles. The molecule has 0 aromatic carbocycles. The first-order valence-electron chi connectivity index (χ1n) is 4.15. The van der Waals surface area contributed by atoms with Gasteiger partial charge >= 0.3 is 5.97 Å². The highest BCUT2D eigenvalue weighted by molar-refractivity contribution is 5.81. The average Bonchev–Trinajstić information content (AvgIpc) is 2.49. The summed E-state index contributed by atoms with van der Waals surface area (Å²) in [6, 6.07) is 1.81. The Bertz CT molecular complexity index is 490. The van der Waals surface area contributed by atoms with Gasteiger partial charge in [0.25, 0.3) is 0 Å². The number of rotatable bonds is 2. The first-order chi connectivity index (χ1) is 6.68. The van der Waals surface area contributed by atoms with Crippen LogP contribution in [0.1, 0.15) is 5.69 Å². The molecule has 0 saturated carbocycles. The number of carboxylic acid groups (broad SMARTS) is 1. The van der Waals surface area contributed by atoms with Gasteiger partial charge in [-0.1, -0.05) is 0 Å². The van der Waals surface area contributed by atoms with Gasteiger partial charge in [0, 0.05) is 13.2 Å². The van der Waals surface area contributed by atoms with E-state index in [-0.39, 0.29) is 6.42 Å². The Kier molecular flexibility index (Phi) is 1.92. The van der Waals surface area contributed by atoms with Gasteiger partial charge in [-0.25, -0.2) is 4.98 Å². The fraction of sp³-hybridized carbons (Fsp3) is 0.222. The largest absolute Gasteiger partial charge is 0.481 e. The third kappa shape index (κ3) is 1.32. The van der Waals surface area contributed by atoms with E-state index >= 15 is 0 Å². The SMILES string of the molecule is Cn1cnc2c(CC(=O)O)nccc21. The molecule has 0 saturated heterocycles. The number of nitrogens with zero attached hydrogens (tertiary/aromatic N) is 3. The molecule has 0 amide bonds. The van der Waals surface area contributed by atoms with Crippen molar-refractivity contribution in [2.75, 3.05) is 0 Å². The van der Waals surface area contributed by atoms with Crippen LogP contribution < -0.4 is 0 Å². The van der Waals surface area contributed by atoms with Crippen molar-refractivity contribution in [1.29, 1.82) is 0 Å². The van der Waals surface area contributed by atoms with Crippen LogP contribution in [0.3, 0.4) is 0 Å². The minimum atomic E-state index is -0.893. The topological polar surface area (TPSA) is 68.0 Å². The number of aliphatic carboxylic acids is 1. The molecular formula is C9H9N3O2. The molecule has 0 radical (unpaired) electrons. The van der Waals surface area contributed by atoms with Crippen LogP contribution in [0.4, 0.5) is 0 Å². The molecule has 0 bridgehead atoms. The van der Waals surface area contributed by atoms with E-state index in [1.54, 1.807) is 12.5 Å². The van der Waals surface area contributed by atoms with Crippen molar-refractivity contribution in [3.05, 3.63) is 24.3 Å². The molecule has 1 N–H and O–H groups in total. The van der Waals surface area contributed by atoms with Gasteiger partial charge in [-0.2, -0.15) is 0 Å². The number of pyridine rings is 1. The van der Waals surface area contributed by atoms with E-state index in [1.807, 2.05) is 17.7 Å². The van der Waals surface area contributed by atoms with Crippen molar-refractivity contribution < 1.29 is 9.90 Å². The van der Waals surface area contributed by atoms with Crippen LogP contribution in [-0.4, -0.2) is 25.6 Å². The average molecular weight is 191 g/mol. The van der Waals surface area contributed by atoms with Crippen molar-refractivity contribution in [2.24, 2.45) is 7.05 Å². The summed E-state index contributed by atoms with van der Waals surface area (Å²) in [5.41, 5.74) is 2.07. The monoisotopic (exact) mass is 191 g/mol. The second-order valence-corrected chi connectivity index (χ2v) is 3.05. The van der Waals surface area contributed by atoms with Gasteiger partial charge in [-0.05, 0) is 6.07 Å². The van der Waals surface area contributed by atoms with Gasteiger partial charge in [0.15, 0.2) is 0 Å². The molecule has 0 fully saturated rings. The molecule has 5 nitrogen and oxygen atoms in total. The number of fused-ring (bicyclic) bond motifs is 1. The highest BCUT2D eigenvalue weighted by atomic mass is 16.4. The van der Waals surface area contributed by atoms with Gasteiger partial charge in [0.1, 0.15) is 5.52 Å². The Labute approximate surface area is 80.0 Å². The van der Waals surface area contributed by atoms with E-state index in [9.17, 15) is 4.79 Å². The zero-order valence-corrected chi connectivity index (χ0v) is 7.64. The lowest BCUT2D eigenvalue weighted by atomic mass is 10.2. The van der Waals surface area contributed by atoms with Crippen LogP contribution in [0.2, 0.25) is 0 Å². The standard InChI is InChI=1S/C9H9N3O2/c1-12-5-11-9-6(4-8(13)14)10-3-2-7(9)12/h2-3,5H,4H2,1H3,(H,13,14). The molecule has 0 spiro atoms. The zero-order valence-electron chi connectivity index (χ0n) is 7.64. The second-order valence-electron chi connectivity index (χ2n) is 3.05. The van der Waals surface area contributed by atoms with E-state index in [0.717, 1.165) is 5.52 Å². The molecule has 2 heterocycles. The second kappa shape index (κ2) is 3.10. The third-order valence-electron chi connectivity index (χ3n) is 2.04. The van der Waals surface area contributed by atoms with Crippen molar-refractivity contribution in [2.45, 2.75) is 6.42 Å². The van der Waals surface area contributed by atoms with Gasteiger partial charge in [-0.3, -0.25) is 9.78 Å². The number of aryl methyl sites for hydroxylation is 1. The first kappa shape index (κ1) is 8.68. The normalized spacial score (nSPS) is 10.6. The van der Waals surface area contributed by atoms with Crippen molar-refractivity contribution in [3.63, 3.8) is 0 Å². The first-order valence-corrected chi connectivity index (χ1v) is 4.15. The van der Waals surface area contributed by atoms with Gasteiger partial charge in [0.2, 0.25) is 0 Å². The van der Waals surface area contributed by atoms with E-state index < -0.39 is 5.97 Å². The lowest BCUT2D eigenvalue weighted by molar-refractivity contribution is -0.136. The van der Waals surface area contributed by atoms with Crippen LogP contribution in [-0.2, 0) is 18.3 Å². The maximum Gasteiger partial charge on any atom is 0.309 e. The number of imidazole rings is 1. The van der Waals surface area contributed by atoms with Crippen molar-refractivity contribution in [1.82, 2.24) is 14.5 Å². The fourth-order valence-electron chi connectivity index (χ4n) is 1.39. The Morgan fingerprint density at radius 3 is 3.07 bits per heavy atom. The van der Waals surface area contributed by atoms with Crippen LogP contribution in [0.15, 0.2) is 18.6 Å². The van der Waals surface area contributed by atoms with E-state index in [0.29, 0.717) is 11.2 Å². The molecule has 5 heteroatoms. The molecule has 0 aliphatic carbocycles. The molecule has 2 aromatic rings. The number of aromatic nitrogens is 3. The highest BCUT2D eigenvalue weighted by Gasteiger charge is 2.09. The van der Waals surface area contributed by atoms with Crippen molar-refractivity contribution in [3.8, 4) is 0 Å². The number of carbonyl (C=O) groups is 1. The summed E-state index contributed by atoms with van der Waals surface area (Å²) in [6.07, 6.45) is 3.16. The van der Waals surface area contributed by atoms with Crippen LogP contribution in [0, 0.1) is 0 Å². The minimum absolute atomic E-state index is 0.0889. The Balaban J connectivity index is 2.59. The van der Waals surface area contributed by atoms with Crippen LogP contribution >= 0.6 is 0 Å². The third-order valence-corrected chi connectivity index (χ3v) is 2.04. The van der Waals surface area contributed by atoms with Crippen molar-refractivity contribution >= 4 is 17.0 Å². The molecular weight excluding hydrogens is 182 g/mol. The smallest absolute Gasteiger partial charge is 0.309 e. The van der Waals surface area contributed by atoms with Gasteiger partial charge < -0.3 is 9.67 Å². The number of hydrogen-bond donors (Lipinski definition) is 1. The minimum Gasteiger partial charge on any atom is -0.481 e. The predicted octanol–water partition coefficient (Wildman–Crippen LogP) is 0.595. The fourth-order valence-corrected chi connectivity index (χ4v) is 1.39. The van der Waals surface area contributed by atoms with Gasteiger partial charge in [0.05, 0.1) is 24.0 Å². The van der Waals surface area contributed by atoms with Gasteiger partial charge in [-0.15, -0.1) is 0 Å². The van der Waals surface area contributed by atoms with E-state index in [4.69, 9.17) is 5.11 Å². The molecule has 2 aromatic heterocycles. The molecule has 14 heavy (non-hydrogen) atoms. The molecule has 0 unspecified atom stereocenters. The maximum atomic E-state index is 10.5. The Hall–Kier alpha value is -1.91. The molecule has 2 rings (SSSR count). The summed E-state index contributed by atoms with van der Waals surface area (Å²) in [5.74, 6) is -0.893. The lowest BCUT2D eigenvalue weighted by Crippen LogP contribution is -2.03. The number of hydrogen-bond acceptors (Lipinski definition) is 3. The predicted molar refractivity (Wildman–Crippen MR) is 49.8 cm³/mol. The Morgan fingerprint density at radius 2 is 2.36 bits per heavy atom. The van der Waals surface area contributed by atoms with Crippen LogP contribution in [0.25, 0.3) is 11.0 Å². The molecule has 0 atom stereocenters. The summed E-state index contributed by atoms with van der Waals surface area (Å²) >= 11 is 0. The van der Waals surface area contributed by atoms with E-state index in [1.165, 1.54) is 0 Å². The summed E-state index contributed by atoms with van der Waals surface area (Å²) in [7, 11) is 1.86. The van der Waals surface area contributed by atoms with Crippen LogP contribution in [0.5, 0.6) is 0 Å². The highest BCUT2D eigenvalue weighted by Crippen LogP contribution is 2.14. The van der Waals surface area contributed by atoms with E-state index in [2.05, 4.69) is 9.97 Å². The Morgan fingerprint density at radius 1 is 1.57 bits per heavy atom. The zero-order chi connectivity index (χ0) is 10.1. The quantitative estimate of drug-likeness (QED) is 0.754. The summed E-state index contributed by atoms with van der Waals surface area (Å²) in [6.45, 7) is 0. The summed E-state index contributed by atoms with van der Waals surface area (Å²) < 4.78 is 1.84. The lowest BCUT2D eigenvalue weighted by Gasteiger charge is -1.98.